The normalized spacial score (nSPS) is 12.9. The quantitative estimate of drug-likeness (QED) is 0.177. The first-order valence-corrected chi connectivity index (χ1v) is 12.7. The van der Waals surface area contributed by atoms with Crippen LogP contribution in [-0.4, -0.2) is 26.9 Å². The Kier molecular flexibility index (Phi) is 5.45. The van der Waals surface area contributed by atoms with Gasteiger partial charge in [-0.25, -0.2) is 0 Å². The van der Waals surface area contributed by atoms with Crippen LogP contribution in [0.5, 0.6) is 0 Å². The van der Waals surface area contributed by atoms with Gasteiger partial charge in [0.05, 0.1) is 10.7 Å². The van der Waals surface area contributed by atoms with Crippen molar-refractivity contribution in [1.82, 2.24) is 0 Å². The molecular formula is C23H17Cl2NO5S. The number of halogens is 2. The highest BCUT2D eigenvalue weighted by molar-refractivity contribution is 8.20. The first kappa shape index (κ1) is 22.2. The third-order valence-electron chi connectivity index (χ3n) is 5.32. The van der Waals surface area contributed by atoms with E-state index in [1.54, 1.807) is 54.8 Å². The number of carbonyl (C=O) groups is 1. The Hall–Kier alpha value is -3.00. The van der Waals surface area contributed by atoms with Gasteiger partial charge in [-0.15, -0.1) is 0 Å². The minimum Gasteiger partial charge on any atom is -0.453 e. The molecule has 6 nitrogen and oxygen atoms in total. The highest BCUT2D eigenvalue weighted by atomic mass is 35.5. The van der Waals surface area contributed by atoms with E-state index in [0.717, 1.165) is 0 Å². The van der Waals surface area contributed by atoms with E-state index in [1.165, 1.54) is 24.3 Å². The largest absolute Gasteiger partial charge is 0.453 e. The van der Waals surface area contributed by atoms with Crippen LogP contribution in [0.1, 0.15) is 10.6 Å². The second-order valence-electron chi connectivity index (χ2n) is 7.60. The van der Waals surface area contributed by atoms with Crippen LogP contribution in [0.25, 0.3) is 11.0 Å². The molecule has 0 fully saturated rings. The van der Waals surface area contributed by atoms with Crippen LogP contribution in [0.15, 0.2) is 87.0 Å². The molecule has 0 unspecified atom stereocenters. The van der Waals surface area contributed by atoms with E-state index >= 15 is 0 Å². The molecule has 32 heavy (non-hydrogen) atoms. The summed E-state index contributed by atoms with van der Waals surface area (Å²) < 4.78 is 20.3. The van der Waals surface area contributed by atoms with Gasteiger partial charge in [-0.3, -0.25) is 19.1 Å². The molecule has 4 rings (SSSR count). The zero-order valence-corrected chi connectivity index (χ0v) is 19.1. The number of nitro groups is 1. The van der Waals surface area contributed by atoms with E-state index < -0.39 is 19.8 Å². The Morgan fingerprint density at radius 1 is 0.938 bits per heavy atom. The molecule has 0 bridgehead atoms. The minimum absolute atomic E-state index is 0.0240. The highest BCUT2D eigenvalue weighted by Crippen LogP contribution is 2.42. The number of furan rings is 1. The molecule has 0 N–H and O–H groups in total. The third-order valence-corrected chi connectivity index (χ3v) is 9.80. The number of fused-ring (bicyclic) bond motifs is 1. The van der Waals surface area contributed by atoms with Gasteiger partial charge in [-0.2, -0.15) is 0 Å². The first-order chi connectivity index (χ1) is 15.1. The Bertz CT molecular complexity index is 1380. The minimum atomic E-state index is -3.94. The SMILES string of the molecule is CS(=O)(CC(=O)c1cc2cc([N+](=O)[O-])ccc2o1)(c1ccc(Cl)cc1)c1ccc(Cl)cc1. The number of non-ortho nitro benzene ring substituents is 1. The summed E-state index contributed by atoms with van der Waals surface area (Å²) in [6, 6.07) is 18.5. The van der Waals surface area contributed by atoms with E-state index in [0.29, 0.717) is 30.8 Å². The number of hydrogen-bond acceptors (Lipinski definition) is 5. The number of rotatable bonds is 6. The molecule has 1 aromatic heterocycles. The molecule has 0 atom stereocenters. The first-order valence-electron chi connectivity index (χ1n) is 9.41. The van der Waals surface area contributed by atoms with Crippen molar-refractivity contribution in [3.05, 3.63) is 98.7 Å². The number of benzene rings is 3. The van der Waals surface area contributed by atoms with E-state index in [-0.39, 0.29) is 17.2 Å². The number of carbonyl (C=O) groups excluding carboxylic acids is 1. The molecule has 0 aliphatic heterocycles. The van der Waals surface area contributed by atoms with Gasteiger partial charge in [0.25, 0.3) is 5.69 Å². The molecule has 0 aliphatic carbocycles. The van der Waals surface area contributed by atoms with Crippen LogP contribution >= 0.6 is 23.2 Å². The van der Waals surface area contributed by atoms with Crippen LogP contribution in [0.3, 0.4) is 0 Å². The Morgan fingerprint density at radius 2 is 1.47 bits per heavy atom. The Morgan fingerprint density at radius 3 is 1.97 bits per heavy atom. The molecule has 164 valence electrons. The van der Waals surface area contributed by atoms with Gasteiger partial charge >= 0.3 is 0 Å². The van der Waals surface area contributed by atoms with Gasteiger partial charge in [0.2, 0.25) is 5.78 Å². The number of hydrogen-bond donors (Lipinski definition) is 0. The topological polar surface area (TPSA) is 90.4 Å². The molecule has 3 aromatic carbocycles. The molecule has 0 spiro atoms. The van der Waals surface area contributed by atoms with Crippen molar-refractivity contribution >= 4 is 54.7 Å². The molecule has 9 heteroatoms. The molecule has 0 radical (unpaired) electrons. The standard InChI is InChI=1S/C23H17Cl2NO5S/c1-32(30,19-7-2-16(24)3-8-19,20-9-4-17(25)5-10-20)14-21(27)23-13-15-12-18(26(28)29)6-11-22(15)31-23/h2-13H,14H2,1H3. The maximum absolute atomic E-state index is 14.7. The summed E-state index contributed by atoms with van der Waals surface area (Å²) in [4.78, 5) is 24.7. The van der Waals surface area contributed by atoms with Crippen LogP contribution in [-0.2, 0) is 9.07 Å². The second-order valence-corrected chi connectivity index (χ2v) is 12.8. The van der Waals surface area contributed by atoms with Crippen LogP contribution in [0.4, 0.5) is 5.69 Å². The van der Waals surface area contributed by atoms with Crippen molar-refractivity contribution in [2.24, 2.45) is 0 Å². The summed E-state index contributed by atoms with van der Waals surface area (Å²) in [7, 11) is -3.94. The monoisotopic (exact) mass is 489 g/mol. The van der Waals surface area contributed by atoms with Crippen LogP contribution < -0.4 is 0 Å². The molecule has 4 aromatic rings. The molecule has 0 aliphatic rings. The van der Waals surface area contributed by atoms with Crippen molar-refractivity contribution in [2.45, 2.75) is 9.79 Å². The van der Waals surface area contributed by atoms with Crippen molar-refractivity contribution < 1.29 is 18.3 Å². The van der Waals surface area contributed by atoms with Gasteiger partial charge < -0.3 is 4.42 Å². The van der Waals surface area contributed by atoms with Crippen molar-refractivity contribution in [3.63, 3.8) is 0 Å². The van der Waals surface area contributed by atoms with E-state index in [1.807, 2.05) is 0 Å². The zero-order chi connectivity index (χ0) is 23.1. The van der Waals surface area contributed by atoms with Crippen molar-refractivity contribution in [3.8, 4) is 0 Å². The molecule has 0 saturated heterocycles. The summed E-state index contributed by atoms with van der Waals surface area (Å²) in [6.45, 7) is 0. The maximum atomic E-state index is 14.7. The third kappa shape index (κ3) is 3.95. The van der Waals surface area contributed by atoms with E-state index in [4.69, 9.17) is 27.6 Å². The Labute approximate surface area is 193 Å². The maximum Gasteiger partial charge on any atom is 0.270 e. The molecule has 0 saturated carbocycles. The fourth-order valence-corrected chi connectivity index (χ4v) is 6.88. The van der Waals surface area contributed by atoms with Gasteiger partial charge in [0.15, 0.2) is 5.76 Å². The summed E-state index contributed by atoms with van der Waals surface area (Å²) >= 11 is 12.0. The molecular weight excluding hydrogens is 473 g/mol. The lowest BCUT2D eigenvalue weighted by molar-refractivity contribution is -0.384. The predicted molar refractivity (Wildman–Crippen MR) is 126 cm³/mol. The lowest BCUT2D eigenvalue weighted by Crippen LogP contribution is -2.39. The summed E-state index contributed by atoms with van der Waals surface area (Å²) in [5.41, 5.74) is 0.216. The molecule has 0 amide bonds. The fourth-order valence-electron chi connectivity index (χ4n) is 3.55. The molecule has 1 heterocycles. The van der Waals surface area contributed by atoms with E-state index in [9.17, 15) is 19.1 Å². The van der Waals surface area contributed by atoms with Gasteiger partial charge in [0, 0.05) is 43.6 Å². The zero-order valence-electron chi connectivity index (χ0n) is 16.8. The van der Waals surface area contributed by atoms with E-state index in [2.05, 4.69) is 0 Å². The smallest absolute Gasteiger partial charge is 0.270 e. The van der Waals surface area contributed by atoms with Gasteiger partial charge in [0.1, 0.15) is 5.58 Å². The summed E-state index contributed by atoms with van der Waals surface area (Å²) in [5.74, 6) is -0.875. The summed E-state index contributed by atoms with van der Waals surface area (Å²) in [5, 5.41) is 12.4. The van der Waals surface area contributed by atoms with Crippen molar-refractivity contribution in [1.29, 1.82) is 0 Å². The predicted octanol–water partition coefficient (Wildman–Crippen LogP) is 6.40. The average molecular weight is 490 g/mol. The van der Waals surface area contributed by atoms with Crippen LogP contribution in [0.2, 0.25) is 10.0 Å². The average Bonchev–Trinajstić information content (AvgIpc) is 3.18. The van der Waals surface area contributed by atoms with Crippen molar-refractivity contribution in [2.75, 3.05) is 12.0 Å². The number of nitrogens with zero attached hydrogens (tertiary/aromatic N) is 1. The number of ketones is 1. The Balaban J connectivity index is 1.81. The van der Waals surface area contributed by atoms with Crippen LogP contribution in [0, 0.1) is 10.1 Å². The number of nitro benzene ring substituents is 1. The lowest BCUT2D eigenvalue weighted by atomic mass is 10.2. The lowest BCUT2D eigenvalue weighted by Gasteiger charge is -2.38. The highest BCUT2D eigenvalue weighted by Gasteiger charge is 2.39. The van der Waals surface area contributed by atoms with Gasteiger partial charge in [-0.05, 0) is 69.7 Å². The second kappa shape index (κ2) is 7.85. The van der Waals surface area contributed by atoms with Gasteiger partial charge in [-0.1, -0.05) is 23.2 Å². The summed E-state index contributed by atoms with van der Waals surface area (Å²) in [6.07, 6.45) is 1.55. The number of Topliss-reactive ketones (excluding diaryl/α,β-unsaturated/α-hetero) is 1. The fraction of sp³-hybridized carbons (Fsp3) is 0.0870.